The summed E-state index contributed by atoms with van der Waals surface area (Å²) in [6.07, 6.45) is -0.693. The van der Waals surface area contributed by atoms with Crippen LogP contribution >= 0.6 is 11.3 Å². The van der Waals surface area contributed by atoms with E-state index in [1.165, 1.54) is 11.3 Å². The number of nitrogens with one attached hydrogen (secondary N) is 1. The molecule has 0 radical (unpaired) electrons. The smallest absolute Gasteiger partial charge is 0.265 e. The summed E-state index contributed by atoms with van der Waals surface area (Å²) in [7, 11) is 0. The second kappa shape index (κ2) is 6.83. The van der Waals surface area contributed by atoms with Crippen LogP contribution in [0.25, 0.3) is 0 Å². The average molecular weight is 332 g/mol. The van der Waals surface area contributed by atoms with E-state index < -0.39 is 12.0 Å². The zero-order valence-corrected chi connectivity index (χ0v) is 14.4. The van der Waals surface area contributed by atoms with Gasteiger partial charge in [-0.1, -0.05) is 17.7 Å². The van der Waals surface area contributed by atoms with Crippen molar-refractivity contribution in [3.63, 3.8) is 0 Å². The highest BCUT2D eigenvalue weighted by molar-refractivity contribution is 7.16. The lowest BCUT2D eigenvalue weighted by Crippen LogP contribution is -2.30. The van der Waals surface area contributed by atoms with Crippen LogP contribution in [0.2, 0.25) is 0 Å². The Balaban J connectivity index is 2.11. The van der Waals surface area contributed by atoms with E-state index in [0.717, 1.165) is 16.0 Å². The topological polar surface area (TPSA) is 81.4 Å². The molecule has 0 spiro atoms. The summed E-state index contributed by atoms with van der Waals surface area (Å²) in [4.78, 5) is 24.8. The Hall–Kier alpha value is -2.34. The van der Waals surface area contributed by atoms with Crippen molar-refractivity contribution < 1.29 is 14.3 Å². The Kier molecular flexibility index (Phi) is 5.05. The van der Waals surface area contributed by atoms with Crippen LogP contribution in [-0.2, 0) is 4.79 Å². The minimum absolute atomic E-state index is 0.325. The van der Waals surface area contributed by atoms with E-state index in [9.17, 15) is 9.59 Å². The van der Waals surface area contributed by atoms with E-state index in [1.54, 1.807) is 6.92 Å². The lowest BCUT2D eigenvalue weighted by molar-refractivity contribution is -0.122. The maximum Gasteiger partial charge on any atom is 0.265 e. The van der Waals surface area contributed by atoms with Gasteiger partial charge in [-0.25, -0.2) is 0 Å². The van der Waals surface area contributed by atoms with Crippen LogP contribution in [0.15, 0.2) is 24.3 Å². The van der Waals surface area contributed by atoms with Crippen molar-refractivity contribution in [3.05, 3.63) is 45.8 Å². The zero-order valence-electron chi connectivity index (χ0n) is 13.6. The van der Waals surface area contributed by atoms with Gasteiger partial charge in [-0.05, 0) is 45.4 Å². The summed E-state index contributed by atoms with van der Waals surface area (Å²) >= 11 is 1.33. The molecule has 3 N–H and O–H groups in total. The van der Waals surface area contributed by atoms with Crippen molar-refractivity contribution in [2.75, 3.05) is 5.32 Å². The van der Waals surface area contributed by atoms with Gasteiger partial charge in [-0.15, -0.1) is 11.3 Å². The van der Waals surface area contributed by atoms with Crippen molar-refractivity contribution in [2.45, 2.75) is 33.8 Å². The molecule has 2 rings (SSSR count). The van der Waals surface area contributed by atoms with Crippen molar-refractivity contribution in [1.29, 1.82) is 0 Å². The largest absolute Gasteiger partial charge is 0.481 e. The molecule has 2 amide bonds. The van der Waals surface area contributed by atoms with E-state index >= 15 is 0 Å². The number of ether oxygens (including phenoxy) is 1. The number of primary amides is 1. The maximum atomic E-state index is 12.3. The van der Waals surface area contributed by atoms with Gasteiger partial charge in [0.05, 0.1) is 5.56 Å². The van der Waals surface area contributed by atoms with Gasteiger partial charge in [-0.3, -0.25) is 9.59 Å². The number of carbonyl (C=O) groups excluding carboxylic acids is 2. The van der Waals surface area contributed by atoms with Crippen LogP contribution in [-0.4, -0.2) is 17.9 Å². The molecule has 0 saturated heterocycles. The summed E-state index contributed by atoms with van der Waals surface area (Å²) < 4.78 is 5.62. The minimum Gasteiger partial charge on any atom is -0.481 e. The number of hydrogen-bond acceptors (Lipinski definition) is 4. The van der Waals surface area contributed by atoms with E-state index in [1.807, 2.05) is 45.0 Å². The molecule has 23 heavy (non-hydrogen) atoms. The van der Waals surface area contributed by atoms with Crippen LogP contribution in [0, 0.1) is 20.8 Å². The third kappa shape index (κ3) is 3.90. The van der Waals surface area contributed by atoms with Gasteiger partial charge in [0, 0.05) is 4.88 Å². The monoisotopic (exact) mass is 332 g/mol. The summed E-state index contributed by atoms with van der Waals surface area (Å²) in [6.45, 7) is 7.33. The molecule has 1 aromatic carbocycles. The minimum atomic E-state index is -0.693. The summed E-state index contributed by atoms with van der Waals surface area (Å²) in [6, 6.07) is 7.45. The highest BCUT2D eigenvalue weighted by Gasteiger charge is 2.22. The Morgan fingerprint density at radius 2 is 1.78 bits per heavy atom. The standard InChI is InChI=1S/C17H20N2O3S/c1-9-5-7-13(8-6-9)22-11(3)16(21)19-17-14(15(18)20)10(2)12(4)23-17/h5-8,11H,1-4H3,(H2,18,20)(H,19,21). The van der Waals surface area contributed by atoms with E-state index in [0.29, 0.717) is 16.3 Å². The number of nitrogens with two attached hydrogens (primary N) is 1. The van der Waals surface area contributed by atoms with Gasteiger partial charge in [0.15, 0.2) is 6.10 Å². The van der Waals surface area contributed by atoms with Gasteiger partial charge in [-0.2, -0.15) is 0 Å². The number of hydrogen-bond donors (Lipinski definition) is 2. The van der Waals surface area contributed by atoms with E-state index in [2.05, 4.69) is 5.32 Å². The number of amides is 2. The SMILES string of the molecule is Cc1ccc(OC(C)C(=O)Nc2sc(C)c(C)c2C(N)=O)cc1. The second-order valence-corrected chi connectivity index (χ2v) is 6.64. The number of anilines is 1. The lowest BCUT2D eigenvalue weighted by Gasteiger charge is -2.14. The quantitative estimate of drug-likeness (QED) is 0.882. The Morgan fingerprint density at radius 1 is 1.17 bits per heavy atom. The fraction of sp³-hybridized carbons (Fsp3) is 0.294. The number of benzene rings is 1. The first-order valence-electron chi connectivity index (χ1n) is 7.23. The van der Waals surface area contributed by atoms with Gasteiger partial charge in [0.2, 0.25) is 0 Å². The van der Waals surface area contributed by atoms with E-state index in [4.69, 9.17) is 10.5 Å². The summed E-state index contributed by atoms with van der Waals surface area (Å²) in [5.41, 5.74) is 7.68. The van der Waals surface area contributed by atoms with Crippen molar-refractivity contribution in [1.82, 2.24) is 0 Å². The fourth-order valence-corrected chi connectivity index (χ4v) is 3.17. The highest BCUT2D eigenvalue weighted by Crippen LogP contribution is 2.32. The normalized spacial score (nSPS) is 11.8. The van der Waals surface area contributed by atoms with Gasteiger partial charge in [0.1, 0.15) is 10.8 Å². The first kappa shape index (κ1) is 17.0. The molecule has 0 saturated carbocycles. The Morgan fingerprint density at radius 3 is 2.35 bits per heavy atom. The third-order valence-corrected chi connectivity index (χ3v) is 4.69. The molecule has 0 aliphatic rings. The molecule has 122 valence electrons. The summed E-state index contributed by atoms with van der Waals surface area (Å²) in [5, 5.41) is 3.21. The molecule has 0 fully saturated rings. The average Bonchev–Trinajstić information content (AvgIpc) is 2.76. The molecule has 1 unspecified atom stereocenters. The van der Waals surface area contributed by atoms with Gasteiger partial charge in [0.25, 0.3) is 11.8 Å². The maximum absolute atomic E-state index is 12.3. The van der Waals surface area contributed by atoms with Crippen molar-refractivity contribution in [3.8, 4) is 5.75 Å². The van der Waals surface area contributed by atoms with Crippen LogP contribution in [0.1, 0.15) is 33.3 Å². The van der Waals surface area contributed by atoms with Crippen LogP contribution in [0.5, 0.6) is 5.75 Å². The number of carbonyl (C=O) groups is 2. The first-order valence-corrected chi connectivity index (χ1v) is 8.05. The molecule has 1 aromatic heterocycles. The molecule has 1 atom stereocenters. The van der Waals surface area contributed by atoms with Crippen LogP contribution < -0.4 is 15.8 Å². The Bertz CT molecular complexity index is 735. The number of aryl methyl sites for hydroxylation is 2. The molecular formula is C17H20N2O3S. The fourth-order valence-electron chi connectivity index (χ4n) is 2.10. The van der Waals surface area contributed by atoms with Crippen LogP contribution in [0.3, 0.4) is 0 Å². The van der Waals surface area contributed by atoms with Crippen LogP contribution in [0.4, 0.5) is 5.00 Å². The van der Waals surface area contributed by atoms with E-state index in [-0.39, 0.29) is 5.91 Å². The summed E-state index contributed by atoms with van der Waals surface area (Å²) in [5.74, 6) is -0.254. The lowest BCUT2D eigenvalue weighted by atomic mass is 10.1. The highest BCUT2D eigenvalue weighted by atomic mass is 32.1. The molecule has 5 nitrogen and oxygen atoms in total. The Labute approximate surface area is 139 Å². The number of rotatable bonds is 5. The molecule has 0 aliphatic carbocycles. The molecule has 0 bridgehead atoms. The second-order valence-electron chi connectivity index (χ2n) is 5.41. The van der Waals surface area contributed by atoms with Crippen molar-refractivity contribution >= 4 is 28.2 Å². The molecular weight excluding hydrogens is 312 g/mol. The predicted octanol–water partition coefficient (Wildman–Crippen LogP) is 3.18. The van der Waals surface area contributed by atoms with Gasteiger partial charge < -0.3 is 15.8 Å². The zero-order chi connectivity index (χ0) is 17.1. The predicted molar refractivity (Wildman–Crippen MR) is 92.2 cm³/mol. The third-order valence-electron chi connectivity index (χ3n) is 3.57. The van der Waals surface area contributed by atoms with Crippen molar-refractivity contribution in [2.24, 2.45) is 5.73 Å². The molecule has 0 aliphatic heterocycles. The molecule has 2 aromatic rings. The first-order chi connectivity index (χ1) is 10.8. The van der Waals surface area contributed by atoms with Gasteiger partial charge >= 0.3 is 0 Å². The molecule has 6 heteroatoms. The molecule has 1 heterocycles. The number of thiophene rings is 1.